The van der Waals surface area contributed by atoms with Crippen molar-refractivity contribution >= 4 is 16.9 Å². The molecule has 0 fully saturated rings. The topological polar surface area (TPSA) is 82.8 Å². The summed E-state index contributed by atoms with van der Waals surface area (Å²) in [4.78, 5) is 25.8. The van der Waals surface area contributed by atoms with Crippen molar-refractivity contribution < 1.29 is 14.3 Å². The molecule has 1 aromatic heterocycles. The average Bonchev–Trinajstić information content (AvgIpc) is 2.52. The van der Waals surface area contributed by atoms with Crippen molar-refractivity contribution in [3.05, 3.63) is 39.7 Å². The number of phenols is 1. The molecule has 1 amide bonds. The average molecular weight is 346 g/mol. The zero-order chi connectivity index (χ0) is 18.6. The molecule has 0 spiro atoms. The monoisotopic (exact) mass is 346 g/mol. The normalized spacial score (nSPS) is 11.4. The maximum Gasteiger partial charge on any atom is 0.336 e. The number of phenolic OH excluding ortho intramolecular Hbond substituents is 1. The lowest BCUT2D eigenvalue weighted by Gasteiger charge is -2.21. The van der Waals surface area contributed by atoms with Crippen molar-refractivity contribution in [1.82, 2.24) is 10.2 Å². The first-order chi connectivity index (χ1) is 11.8. The fraction of sp³-hybridized carbons (Fsp3) is 0.474. The van der Waals surface area contributed by atoms with E-state index in [9.17, 15) is 14.7 Å². The number of hydrogen-bond acceptors (Lipinski definition) is 5. The summed E-state index contributed by atoms with van der Waals surface area (Å²) < 4.78 is 5.22. The van der Waals surface area contributed by atoms with Crippen molar-refractivity contribution in [2.45, 2.75) is 46.7 Å². The second-order valence-electron chi connectivity index (χ2n) is 6.45. The first-order valence-corrected chi connectivity index (χ1v) is 8.64. The van der Waals surface area contributed by atoms with Gasteiger partial charge in [0.05, 0.1) is 6.54 Å². The molecular weight excluding hydrogens is 320 g/mol. The predicted octanol–water partition coefficient (Wildman–Crippen LogP) is 2.41. The third-order valence-corrected chi connectivity index (χ3v) is 4.07. The minimum Gasteiger partial charge on any atom is -0.508 e. The van der Waals surface area contributed by atoms with Crippen LogP contribution < -0.4 is 10.9 Å². The van der Waals surface area contributed by atoms with Gasteiger partial charge in [0.2, 0.25) is 5.91 Å². The highest BCUT2D eigenvalue weighted by Gasteiger charge is 2.15. The van der Waals surface area contributed by atoms with E-state index in [1.165, 1.54) is 12.1 Å². The van der Waals surface area contributed by atoms with Gasteiger partial charge in [-0.2, -0.15) is 0 Å². The molecule has 136 valence electrons. The Morgan fingerprint density at radius 3 is 2.56 bits per heavy atom. The second kappa shape index (κ2) is 8.16. The molecule has 0 aliphatic rings. The van der Waals surface area contributed by atoms with E-state index in [-0.39, 0.29) is 24.2 Å². The zero-order valence-electron chi connectivity index (χ0n) is 15.3. The van der Waals surface area contributed by atoms with Crippen molar-refractivity contribution in [2.75, 3.05) is 13.1 Å². The molecule has 0 aliphatic carbocycles. The van der Waals surface area contributed by atoms with Crippen LogP contribution in [0, 0.1) is 0 Å². The number of nitrogens with one attached hydrogen (secondary N) is 1. The molecule has 6 nitrogen and oxygen atoms in total. The first kappa shape index (κ1) is 19.0. The van der Waals surface area contributed by atoms with Gasteiger partial charge in [-0.1, -0.05) is 13.8 Å². The summed E-state index contributed by atoms with van der Waals surface area (Å²) in [5.74, 6) is 0.0787. The summed E-state index contributed by atoms with van der Waals surface area (Å²) in [6.45, 7) is 9.15. The minimum absolute atomic E-state index is 0.0454. The number of amides is 1. The molecule has 0 aliphatic heterocycles. The Bertz CT molecular complexity index is 811. The Kier molecular flexibility index (Phi) is 6.20. The van der Waals surface area contributed by atoms with Gasteiger partial charge in [-0.3, -0.25) is 9.69 Å². The fourth-order valence-electron chi connectivity index (χ4n) is 2.81. The minimum atomic E-state index is -0.464. The number of hydrogen-bond donors (Lipinski definition) is 2. The summed E-state index contributed by atoms with van der Waals surface area (Å²) in [6.07, 6.45) is 0.675. The van der Waals surface area contributed by atoms with E-state index in [4.69, 9.17) is 4.42 Å². The number of rotatable bonds is 7. The summed E-state index contributed by atoms with van der Waals surface area (Å²) in [6, 6.07) is 4.89. The highest BCUT2D eigenvalue weighted by atomic mass is 16.4. The fourth-order valence-corrected chi connectivity index (χ4v) is 2.81. The van der Waals surface area contributed by atoms with Crippen LogP contribution in [0.3, 0.4) is 0 Å². The van der Waals surface area contributed by atoms with Gasteiger partial charge < -0.3 is 14.8 Å². The molecule has 6 heteroatoms. The van der Waals surface area contributed by atoms with Crippen molar-refractivity contribution in [3.63, 3.8) is 0 Å². The van der Waals surface area contributed by atoms with Gasteiger partial charge in [0.15, 0.2) is 0 Å². The summed E-state index contributed by atoms with van der Waals surface area (Å²) in [5, 5.41) is 13.7. The molecule has 2 N–H and O–H groups in total. The number of carbonyl (C=O) groups is 1. The smallest absolute Gasteiger partial charge is 0.336 e. The Morgan fingerprint density at radius 1 is 1.24 bits per heavy atom. The van der Waals surface area contributed by atoms with E-state index in [1.54, 1.807) is 0 Å². The predicted molar refractivity (Wildman–Crippen MR) is 97.8 cm³/mol. The number of carbonyl (C=O) groups excluding carboxylic acids is 1. The Morgan fingerprint density at radius 2 is 1.96 bits per heavy atom. The third-order valence-electron chi connectivity index (χ3n) is 4.07. The molecule has 2 aromatic rings. The van der Waals surface area contributed by atoms with Gasteiger partial charge in [-0.25, -0.2) is 4.79 Å². The van der Waals surface area contributed by atoms with E-state index in [1.807, 2.05) is 38.7 Å². The maximum absolute atomic E-state index is 12.0. The molecule has 2 rings (SSSR count). The lowest BCUT2D eigenvalue weighted by atomic mass is 10.0. The van der Waals surface area contributed by atoms with E-state index < -0.39 is 5.63 Å². The highest BCUT2D eigenvalue weighted by molar-refractivity contribution is 5.83. The zero-order valence-corrected chi connectivity index (χ0v) is 15.3. The van der Waals surface area contributed by atoms with E-state index in [0.717, 1.165) is 16.5 Å². The number of benzene rings is 1. The summed E-state index contributed by atoms with van der Waals surface area (Å²) in [7, 11) is 0. The number of likely N-dealkylation sites (N-methyl/N-ethyl adjacent to an activating group) is 1. The molecule has 0 atom stereocenters. The molecule has 25 heavy (non-hydrogen) atoms. The summed E-state index contributed by atoms with van der Waals surface area (Å²) in [5.41, 5.74) is 1.48. The van der Waals surface area contributed by atoms with Crippen LogP contribution in [0.4, 0.5) is 0 Å². The Labute approximate surface area is 147 Å². The van der Waals surface area contributed by atoms with Crippen LogP contribution in [0.25, 0.3) is 11.0 Å². The quantitative estimate of drug-likeness (QED) is 0.752. The molecule has 0 saturated carbocycles. The largest absolute Gasteiger partial charge is 0.508 e. The number of aryl methyl sites for hydroxylation is 1. The molecular formula is C19H26N2O4. The SMILES string of the molecule is CCc1cc2c(CN(CC)CC(=O)NC(C)C)cc(=O)oc2cc1O. The highest BCUT2D eigenvalue weighted by Crippen LogP contribution is 2.27. The molecule has 0 saturated heterocycles. The lowest BCUT2D eigenvalue weighted by molar-refractivity contribution is -0.122. The van der Waals surface area contributed by atoms with Crippen LogP contribution in [-0.2, 0) is 17.8 Å². The molecule has 1 aromatic carbocycles. The van der Waals surface area contributed by atoms with Gasteiger partial charge in [0.25, 0.3) is 0 Å². The van der Waals surface area contributed by atoms with E-state index in [2.05, 4.69) is 5.32 Å². The van der Waals surface area contributed by atoms with Crippen LogP contribution in [0.1, 0.15) is 38.8 Å². The van der Waals surface area contributed by atoms with Gasteiger partial charge in [0, 0.05) is 30.1 Å². The first-order valence-electron chi connectivity index (χ1n) is 8.64. The molecule has 1 heterocycles. The van der Waals surface area contributed by atoms with Gasteiger partial charge in [-0.05, 0) is 44.0 Å². The summed E-state index contributed by atoms with van der Waals surface area (Å²) >= 11 is 0. The molecule has 0 unspecified atom stereocenters. The number of fused-ring (bicyclic) bond motifs is 1. The number of nitrogens with zero attached hydrogens (tertiary/aromatic N) is 1. The standard InChI is InChI=1S/C19H26N2O4/c1-5-13-7-15-14(8-19(24)25-17(15)9-16(13)22)10-21(6-2)11-18(23)20-12(3)4/h7-9,12,22H,5-6,10-11H2,1-4H3,(H,20,23). The van der Waals surface area contributed by atoms with Crippen LogP contribution in [0.15, 0.2) is 27.4 Å². The van der Waals surface area contributed by atoms with Gasteiger partial charge in [0.1, 0.15) is 11.3 Å². The Balaban J connectivity index is 2.35. The van der Waals surface area contributed by atoms with Crippen molar-refractivity contribution in [2.24, 2.45) is 0 Å². The lowest BCUT2D eigenvalue weighted by Crippen LogP contribution is -2.39. The third kappa shape index (κ3) is 4.82. The van der Waals surface area contributed by atoms with Gasteiger partial charge >= 0.3 is 5.63 Å². The van der Waals surface area contributed by atoms with Crippen LogP contribution in [0.5, 0.6) is 5.75 Å². The molecule has 0 radical (unpaired) electrons. The van der Waals surface area contributed by atoms with Crippen molar-refractivity contribution in [3.8, 4) is 5.75 Å². The van der Waals surface area contributed by atoms with Crippen LogP contribution in [-0.4, -0.2) is 35.0 Å². The van der Waals surface area contributed by atoms with Crippen molar-refractivity contribution in [1.29, 1.82) is 0 Å². The van der Waals surface area contributed by atoms with E-state index in [0.29, 0.717) is 25.1 Å². The number of aromatic hydroxyl groups is 1. The van der Waals surface area contributed by atoms with E-state index >= 15 is 0 Å². The second-order valence-corrected chi connectivity index (χ2v) is 6.45. The van der Waals surface area contributed by atoms with Crippen LogP contribution >= 0.6 is 0 Å². The Hall–Kier alpha value is -2.34. The van der Waals surface area contributed by atoms with Gasteiger partial charge in [-0.15, -0.1) is 0 Å². The molecule has 0 bridgehead atoms. The maximum atomic E-state index is 12.0. The van der Waals surface area contributed by atoms with Crippen LogP contribution in [0.2, 0.25) is 0 Å².